The Balaban J connectivity index is 1.54. The third-order valence-corrected chi connectivity index (χ3v) is 4.65. The van der Waals surface area contributed by atoms with Gasteiger partial charge in [0.25, 0.3) is 5.91 Å². The second kappa shape index (κ2) is 5.27. The van der Waals surface area contributed by atoms with Gasteiger partial charge in [0.05, 0.1) is 0 Å². The van der Waals surface area contributed by atoms with Crippen LogP contribution in [0.15, 0.2) is 24.3 Å². The second-order valence-electron chi connectivity index (χ2n) is 5.90. The molecule has 0 aliphatic heterocycles. The summed E-state index contributed by atoms with van der Waals surface area (Å²) in [5.41, 5.74) is 6.62. The minimum atomic E-state index is -0.250. The largest absolute Gasteiger partial charge is 0.273 e. The highest BCUT2D eigenvalue weighted by Crippen LogP contribution is 2.55. The van der Waals surface area contributed by atoms with E-state index >= 15 is 0 Å². The molecule has 2 amide bonds. The van der Waals surface area contributed by atoms with Crippen molar-refractivity contribution in [2.45, 2.75) is 32.6 Å². The summed E-state index contributed by atoms with van der Waals surface area (Å²) in [6.45, 7) is 1.88. The first-order chi connectivity index (χ1) is 9.68. The van der Waals surface area contributed by atoms with Crippen molar-refractivity contribution in [3.8, 4) is 0 Å². The molecule has 3 rings (SSSR count). The molecule has 2 atom stereocenters. The normalized spacial score (nSPS) is 27.4. The van der Waals surface area contributed by atoms with E-state index in [-0.39, 0.29) is 17.7 Å². The number of nitrogens with one attached hydrogen (secondary N) is 2. The number of hydrogen-bond acceptors (Lipinski definition) is 2. The standard InChI is InChI=1S/C16H20N2O2/c1-10-6-2-3-7-11(10)15(19)17-18-16(20)14-12-8-4-5-9-13(12)14/h2-3,6-7,12-14H,4-5,8-9H2,1H3,(H,17,19)(H,18,20)/t12-,13-/m0/s1. The zero-order valence-electron chi connectivity index (χ0n) is 11.7. The van der Waals surface area contributed by atoms with Gasteiger partial charge >= 0.3 is 0 Å². The van der Waals surface area contributed by atoms with Gasteiger partial charge in [0.2, 0.25) is 5.91 Å². The zero-order chi connectivity index (χ0) is 14.1. The van der Waals surface area contributed by atoms with Crippen molar-refractivity contribution in [3.63, 3.8) is 0 Å². The fourth-order valence-electron chi connectivity index (χ4n) is 3.48. The number of benzene rings is 1. The van der Waals surface area contributed by atoms with Crippen LogP contribution in [-0.2, 0) is 4.79 Å². The van der Waals surface area contributed by atoms with Gasteiger partial charge in [-0.3, -0.25) is 20.4 Å². The van der Waals surface area contributed by atoms with E-state index in [0.29, 0.717) is 17.4 Å². The van der Waals surface area contributed by atoms with E-state index in [9.17, 15) is 9.59 Å². The fraction of sp³-hybridized carbons (Fsp3) is 0.500. The highest BCUT2D eigenvalue weighted by Gasteiger charge is 2.54. The summed E-state index contributed by atoms with van der Waals surface area (Å²) in [5, 5.41) is 0. The molecule has 2 fully saturated rings. The molecule has 0 radical (unpaired) electrons. The van der Waals surface area contributed by atoms with Crippen LogP contribution in [0, 0.1) is 24.7 Å². The van der Waals surface area contributed by atoms with Gasteiger partial charge < -0.3 is 0 Å². The SMILES string of the molecule is Cc1ccccc1C(=O)NNC(=O)C1[C@H]2CCCC[C@H]12. The molecule has 20 heavy (non-hydrogen) atoms. The summed E-state index contributed by atoms with van der Waals surface area (Å²) in [4.78, 5) is 24.1. The minimum absolute atomic E-state index is 0.0242. The molecule has 0 bridgehead atoms. The lowest BCUT2D eigenvalue weighted by Gasteiger charge is -2.08. The van der Waals surface area contributed by atoms with Crippen molar-refractivity contribution in [2.75, 3.05) is 0 Å². The number of carbonyl (C=O) groups excluding carboxylic acids is 2. The first-order valence-corrected chi connectivity index (χ1v) is 7.34. The number of amides is 2. The zero-order valence-corrected chi connectivity index (χ0v) is 11.7. The van der Waals surface area contributed by atoms with Gasteiger partial charge in [-0.15, -0.1) is 0 Å². The molecule has 2 aliphatic carbocycles. The molecule has 1 aromatic rings. The number of aryl methyl sites for hydroxylation is 1. The predicted octanol–water partition coefficient (Wildman–Crippen LogP) is 2.19. The maximum absolute atomic E-state index is 12.1. The van der Waals surface area contributed by atoms with Gasteiger partial charge in [0, 0.05) is 11.5 Å². The summed E-state index contributed by atoms with van der Waals surface area (Å²) >= 11 is 0. The average molecular weight is 272 g/mol. The Hall–Kier alpha value is -1.84. The van der Waals surface area contributed by atoms with Crippen LogP contribution in [0.1, 0.15) is 41.6 Å². The van der Waals surface area contributed by atoms with Crippen LogP contribution in [0.2, 0.25) is 0 Å². The van der Waals surface area contributed by atoms with Crippen molar-refractivity contribution in [1.29, 1.82) is 0 Å². The molecule has 4 heteroatoms. The Morgan fingerprint density at radius 3 is 2.35 bits per heavy atom. The lowest BCUT2D eigenvalue weighted by molar-refractivity contribution is -0.123. The maximum Gasteiger partial charge on any atom is 0.269 e. The molecule has 0 spiro atoms. The third-order valence-electron chi connectivity index (χ3n) is 4.65. The van der Waals surface area contributed by atoms with Crippen molar-refractivity contribution in [1.82, 2.24) is 10.9 Å². The topological polar surface area (TPSA) is 58.2 Å². The molecule has 0 unspecified atom stereocenters. The molecule has 2 aliphatic rings. The Kier molecular flexibility index (Phi) is 3.47. The molecular formula is C16H20N2O2. The summed E-state index contributed by atoms with van der Waals surface area (Å²) in [7, 11) is 0. The van der Waals surface area contributed by atoms with E-state index in [1.165, 1.54) is 12.8 Å². The van der Waals surface area contributed by atoms with Crippen molar-refractivity contribution in [2.24, 2.45) is 17.8 Å². The van der Waals surface area contributed by atoms with Crippen LogP contribution in [0.4, 0.5) is 0 Å². The maximum atomic E-state index is 12.1. The number of rotatable bonds is 2. The molecule has 4 nitrogen and oxygen atoms in total. The van der Waals surface area contributed by atoms with E-state index in [1.807, 2.05) is 25.1 Å². The van der Waals surface area contributed by atoms with Crippen LogP contribution in [0.3, 0.4) is 0 Å². The average Bonchev–Trinajstić information content (AvgIpc) is 3.19. The molecule has 2 N–H and O–H groups in total. The molecule has 0 aromatic heterocycles. The molecular weight excluding hydrogens is 252 g/mol. The lowest BCUT2D eigenvalue weighted by atomic mass is 10.0. The smallest absolute Gasteiger partial charge is 0.269 e. The lowest BCUT2D eigenvalue weighted by Crippen LogP contribution is -2.43. The van der Waals surface area contributed by atoms with Crippen molar-refractivity contribution < 1.29 is 9.59 Å². The Bertz CT molecular complexity index is 529. The highest BCUT2D eigenvalue weighted by atomic mass is 16.2. The Morgan fingerprint density at radius 1 is 1.05 bits per heavy atom. The van der Waals surface area contributed by atoms with Crippen LogP contribution < -0.4 is 10.9 Å². The number of fused-ring (bicyclic) bond motifs is 1. The molecule has 1 aromatic carbocycles. The number of hydrazine groups is 1. The first kappa shape index (κ1) is 13.2. The van der Waals surface area contributed by atoms with Crippen LogP contribution in [0.25, 0.3) is 0 Å². The van der Waals surface area contributed by atoms with Crippen LogP contribution in [0.5, 0.6) is 0 Å². The van der Waals surface area contributed by atoms with E-state index in [4.69, 9.17) is 0 Å². The molecule has 0 saturated heterocycles. The van der Waals surface area contributed by atoms with Crippen molar-refractivity contribution >= 4 is 11.8 Å². The van der Waals surface area contributed by atoms with Gasteiger partial charge in [-0.25, -0.2) is 0 Å². The monoisotopic (exact) mass is 272 g/mol. The summed E-state index contributed by atoms with van der Waals surface area (Å²) in [6.07, 6.45) is 4.80. The van der Waals surface area contributed by atoms with Gasteiger partial charge in [-0.1, -0.05) is 31.0 Å². The van der Waals surface area contributed by atoms with Gasteiger partial charge in [0.1, 0.15) is 0 Å². The van der Waals surface area contributed by atoms with Crippen LogP contribution >= 0.6 is 0 Å². The third kappa shape index (κ3) is 2.42. The van der Waals surface area contributed by atoms with Gasteiger partial charge in [-0.2, -0.15) is 0 Å². The molecule has 106 valence electrons. The Morgan fingerprint density at radius 2 is 1.70 bits per heavy atom. The highest BCUT2D eigenvalue weighted by molar-refractivity contribution is 5.97. The summed E-state index contributed by atoms with van der Waals surface area (Å²) in [6, 6.07) is 7.35. The van der Waals surface area contributed by atoms with Crippen LogP contribution in [-0.4, -0.2) is 11.8 Å². The van der Waals surface area contributed by atoms with E-state index in [0.717, 1.165) is 18.4 Å². The Labute approximate surface area is 118 Å². The fourth-order valence-corrected chi connectivity index (χ4v) is 3.48. The molecule has 2 saturated carbocycles. The summed E-state index contributed by atoms with van der Waals surface area (Å²) in [5.74, 6) is 0.955. The second-order valence-corrected chi connectivity index (χ2v) is 5.90. The van der Waals surface area contributed by atoms with Gasteiger partial charge in [-0.05, 0) is 43.2 Å². The van der Waals surface area contributed by atoms with Crippen molar-refractivity contribution in [3.05, 3.63) is 35.4 Å². The predicted molar refractivity (Wildman–Crippen MR) is 75.7 cm³/mol. The van der Waals surface area contributed by atoms with E-state index in [2.05, 4.69) is 10.9 Å². The summed E-state index contributed by atoms with van der Waals surface area (Å²) < 4.78 is 0. The quantitative estimate of drug-likeness (QED) is 0.811. The van der Waals surface area contributed by atoms with Gasteiger partial charge in [0.15, 0.2) is 0 Å². The minimum Gasteiger partial charge on any atom is -0.273 e. The number of carbonyl (C=O) groups is 2. The van der Waals surface area contributed by atoms with E-state index in [1.54, 1.807) is 6.07 Å². The first-order valence-electron chi connectivity index (χ1n) is 7.34. The van der Waals surface area contributed by atoms with E-state index < -0.39 is 0 Å². The molecule has 0 heterocycles. The number of hydrogen-bond donors (Lipinski definition) is 2.